The minimum absolute atomic E-state index is 0.0313. The van der Waals surface area contributed by atoms with Gasteiger partial charge in [0.25, 0.3) is 5.91 Å². The SMILES string of the molecule is [N-]=[N+]=NCC1OC(n2ccc(NC(=O)c3ccccc3)nc2=O)C(O)C1O. The molecule has 0 spiro atoms. The molecule has 4 unspecified atom stereocenters. The van der Waals surface area contributed by atoms with Crippen molar-refractivity contribution < 1.29 is 19.7 Å². The second kappa shape index (κ2) is 7.98. The zero-order valence-electron chi connectivity index (χ0n) is 13.9. The van der Waals surface area contributed by atoms with Crippen molar-refractivity contribution in [2.75, 3.05) is 11.9 Å². The molecule has 0 bridgehead atoms. The van der Waals surface area contributed by atoms with E-state index in [1.165, 1.54) is 12.3 Å². The Bertz CT molecular complexity index is 926. The number of aliphatic hydroxyl groups excluding tert-OH is 2. The number of carbonyl (C=O) groups is 1. The summed E-state index contributed by atoms with van der Waals surface area (Å²) in [5, 5.41) is 25.9. The van der Waals surface area contributed by atoms with Crippen LogP contribution in [0.2, 0.25) is 0 Å². The average molecular weight is 372 g/mol. The van der Waals surface area contributed by atoms with Crippen LogP contribution in [0.25, 0.3) is 10.4 Å². The summed E-state index contributed by atoms with van der Waals surface area (Å²) in [4.78, 5) is 30.7. The Morgan fingerprint density at radius 1 is 1.30 bits per heavy atom. The molecule has 1 fully saturated rings. The van der Waals surface area contributed by atoms with Crippen LogP contribution < -0.4 is 11.0 Å². The predicted octanol–water partition coefficient (Wildman–Crippen LogP) is 0.425. The van der Waals surface area contributed by atoms with Gasteiger partial charge in [-0.3, -0.25) is 9.36 Å². The molecule has 1 aliphatic rings. The molecule has 1 saturated heterocycles. The first kappa shape index (κ1) is 18.5. The molecule has 140 valence electrons. The van der Waals surface area contributed by atoms with Crippen molar-refractivity contribution in [1.82, 2.24) is 9.55 Å². The van der Waals surface area contributed by atoms with Crippen molar-refractivity contribution in [3.8, 4) is 0 Å². The van der Waals surface area contributed by atoms with E-state index in [4.69, 9.17) is 10.3 Å². The molecular formula is C16H16N6O5. The fraction of sp³-hybridized carbons (Fsp3) is 0.312. The van der Waals surface area contributed by atoms with Crippen molar-refractivity contribution in [3.63, 3.8) is 0 Å². The van der Waals surface area contributed by atoms with Gasteiger partial charge in [-0.1, -0.05) is 23.3 Å². The maximum atomic E-state index is 12.3. The fourth-order valence-corrected chi connectivity index (χ4v) is 2.68. The van der Waals surface area contributed by atoms with Gasteiger partial charge in [-0.05, 0) is 23.7 Å². The highest BCUT2D eigenvalue weighted by Gasteiger charge is 2.43. The monoisotopic (exact) mass is 372 g/mol. The molecule has 0 radical (unpaired) electrons. The fourth-order valence-electron chi connectivity index (χ4n) is 2.68. The van der Waals surface area contributed by atoms with E-state index in [0.717, 1.165) is 4.57 Å². The second-order valence-electron chi connectivity index (χ2n) is 5.78. The lowest BCUT2D eigenvalue weighted by molar-refractivity contribution is -0.0371. The number of rotatable bonds is 5. The van der Waals surface area contributed by atoms with Crippen LogP contribution in [-0.4, -0.2) is 50.5 Å². The third kappa shape index (κ3) is 3.96. The minimum atomic E-state index is -1.41. The van der Waals surface area contributed by atoms with Crippen LogP contribution in [0.5, 0.6) is 0 Å². The van der Waals surface area contributed by atoms with Crippen molar-refractivity contribution >= 4 is 11.7 Å². The maximum Gasteiger partial charge on any atom is 0.351 e. The molecule has 4 atom stereocenters. The molecule has 11 nitrogen and oxygen atoms in total. The first-order valence-corrected chi connectivity index (χ1v) is 7.99. The van der Waals surface area contributed by atoms with Gasteiger partial charge in [0.1, 0.15) is 18.0 Å². The van der Waals surface area contributed by atoms with E-state index in [1.807, 2.05) is 0 Å². The van der Waals surface area contributed by atoms with Crippen LogP contribution in [0, 0.1) is 0 Å². The Balaban J connectivity index is 1.76. The van der Waals surface area contributed by atoms with E-state index in [0.29, 0.717) is 5.56 Å². The molecule has 11 heteroatoms. The molecule has 2 aromatic rings. The zero-order valence-corrected chi connectivity index (χ0v) is 13.9. The highest BCUT2D eigenvalue weighted by atomic mass is 16.6. The van der Waals surface area contributed by atoms with Gasteiger partial charge < -0.3 is 20.3 Å². The van der Waals surface area contributed by atoms with Crippen molar-refractivity contribution in [3.05, 3.63) is 69.1 Å². The van der Waals surface area contributed by atoms with Crippen LogP contribution in [0.4, 0.5) is 5.82 Å². The molecular weight excluding hydrogens is 356 g/mol. The molecule has 27 heavy (non-hydrogen) atoms. The predicted molar refractivity (Wildman–Crippen MR) is 92.8 cm³/mol. The highest BCUT2D eigenvalue weighted by Crippen LogP contribution is 2.28. The van der Waals surface area contributed by atoms with Gasteiger partial charge in [0, 0.05) is 16.7 Å². The number of hydrogen-bond acceptors (Lipinski definition) is 7. The lowest BCUT2D eigenvalue weighted by atomic mass is 10.1. The summed E-state index contributed by atoms with van der Waals surface area (Å²) in [6.45, 7) is -0.196. The molecule has 1 amide bonds. The molecule has 0 aliphatic carbocycles. The number of aliphatic hydroxyl groups is 2. The molecule has 1 aromatic carbocycles. The lowest BCUT2D eigenvalue weighted by Gasteiger charge is -2.17. The third-order valence-electron chi connectivity index (χ3n) is 4.04. The topological polar surface area (TPSA) is 162 Å². The van der Waals surface area contributed by atoms with Gasteiger partial charge in [-0.15, -0.1) is 0 Å². The summed E-state index contributed by atoms with van der Waals surface area (Å²) in [7, 11) is 0. The Morgan fingerprint density at radius 3 is 2.70 bits per heavy atom. The number of ether oxygens (including phenoxy) is 1. The van der Waals surface area contributed by atoms with Gasteiger partial charge in [-0.25, -0.2) is 4.79 Å². The number of nitrogens with one attached hydrogen (secondary N) is 1. The van der Waals surface area contributed by atoms with Crippen molar-refractivity contribution in [2.24, 2.45) is 5.11 Å². The van der Waals surface area contributed by atoms with E-state index < -0.39 is 36.1 Å². The Labute approximate surface area is 152 Å². The highest BCUT2D eigenvalue weighted by molar-refractivity contribution is 6.03. The molecule has 1 aromatic heterocycles. The number of amides is 1. The first-order chi connectivity index (χ1) is 13.0. The van der Waals surface area contributed by atoms with Gasteiger partial charge in [0.15, 0.2) is 6.23 Å². The summed E-state index contributed by atoms with van der Waals surface area (Å²) >= 11 is 0. The number of nitrogens with zero attached hydrogens (tertiary/aromatic N) is 5. The molecule has 2 heterocycles. The van der Waals surface area contributed by atoms with Crippen molar-refractivity contribution in [1.29, 1.82) is 0 Å². The van der Waals surface area contributed by atoms with E-state index in [9.17, 15) is 19.8 Å². The number of benzene rings is 1. The summed E-state index contributed by atoms with van der Waals surface area (Å²) in [5.74, 6) is -0.397. The van der Waals surface area contributed by atoms with E-state index in [2.05, 4.69) is 20.3 Å². The van der Waals surface area contributed by atoms with E-state index in [1.54, 1.807) is 30.3 Å². The van der Waals surface area contributed by atoms with E-state index >= 15 is 0 Å². The normalized spacial score (nSPS) is 24.2. The molecule has 3 N–H and O–H groups in total. The molecule has 1 aliphatic heterocycles. The molecule has 0 saturated carbocycles. The number of aromatic nitrogens is 2. The van der Waals surface area contributed by atoms with Crippen LogP contribution >= 0.6 is 0 Å². The number of anilines is 1. The second-order valence-corrected chi connectivity index (χ2v) is 5.78. The smallest absolute Gasteiger partial charge is 0.351 e. The van der Waals surface area contributed by atoms with Crippen LogP contribution in [0.1, 0.15) is 16.6 Å². The summed E-state index contributed by atoms with van der Waals surface area (Å²) < 4.78 is 6.40. The van der Waals surface area contributed by atoms with Crippen LogP contribution in [-0.2, 0) is 4.74 Å². The Hall–Kier alpha value is -3.24. The number of carbonyl (C=O) groups excluding carboxylic acids is 1. The van der Waals surface area contributed by atoms with Gasteiger partial charge >= 0.3 is 5.69 Å². The van der Waals surface area contributed by atoms with Crippen LogP contribution in [0.3, 0.4) is 0 Å². The summed E-state index contributed by atoms with van der Waals surface area (Å²) in [6.07, 6.45) is -3.60. The zero-order chi connectivity index (χ0) is 19.4. The quantitative estimate of drug-likeness (QED) is 0.391. The van der Waals surface area contributed by atoms with Gasteiger partial charge in [-0.2, -0.15) is 4.98 Å². The summed E-state index contributed by atoms with van der Waals surface area (Å²) in [5.41, 5.74) is 7.96. The average Bonchev–Trinajstić information content (AvgIpc) is 2.95. The van der Waals surface area contributed by atoms with Gasteiger partial charge in [0.2, 0.25) is 0 Å². The Morgan fingerprint density at radius 2 is 2.04 bits per heavy atom. The van der Waals surface area contributed by atoms with Crippen LogP contribution in [0.15, 0.2) is 52.5 Å². The third-order valence-corrected chi connectivity index (χ3v) is 4.04. The van der Waals surface area contributed by atoms with E-state index in [-0.39, 0.29) is 12.4 Å². The first-order valence-electron chi connectivity index (χ1n) is 7.99. The molecule has 3 rings (SSSR count). The standard InChI is InChI=1S/C16H16N6O5/c17-21-18-8-10-12(23)13(24)15(27-10)22-7-6-11(20-16(22)26)19-14(25)9-4-2-1-3-5-9/h1-7,10,12-13,15,23-24H,8H2,(H,19,20,25,26). The van der Waals surface area contributed by atoms with Gasteiger partial charge in [0.05, 0.1) is 12.6 Å². The summed E-state index contributed by atoms with van der Waals surface area (Å²) in [6, 6.07) is 9.78. The number of azide groups is 1. The lowest BCUT2D eigenvalue weighted by Crippen LogP contribution is -2.36. The maximum absolute atomic E-state index is 12.3. The Kier molecular flexibility index (Phi) is 5.48. The largest absolute Gasteiger partial charge is 0.388 e. The minimum Gasteiger partial charge on any atom is -0.388 e. The number of hydrogen-bond donors (Lipinski definition) is 3. The van der Waals surface area contributed by atoms with Crippen molar-refractivity contribution in [2.45, 2.75) is 24.5 Å².